The van der Waals surface area contributed by atoms with Gasteiger partial charge < -0.3 is 4.74 Å². The van der Waals surface area contributed by atoms with Crippen LogP contribution in [0.2, 0.25) is 0 Å². The first-order chi connectivity index (χ1) is 13.4. The Labute approximate surface area is 162 Å². The Bertz CT molecular complexity index is 1100. The van der Waals surface area contributed by atoms with Gasteiger partial charge in [-0.1, -0.05) is 54.1 Å². The van der Waals surface area contributed by atoms with Crippen molar-refractivity contribution < 1.29 is 21.9 Å². The number of ether oxygens (including phenoxy) is 1. The Morgan fingerprint density at radius 3 is 2.36 bits per heavy atom. The summed E-state index contributed by atoms with van der Waals surface area (Å²) in [5.41, 5.74) is 1.41. The molecule has 0 spiro atoms. The third kappa shape index (κ3) is 3.30. The van der Waals surface area contributed by atoms with Gasteiger partial charge in [-0.25, -0.2) is 17.2 Å². The minimum Gasteiger partial charge on any atom is -0.356 e. The first-order valence-electron chi connectivity index (χ1n) is 8.86. The SMILES string of the molecule is Cc1ccc(S(=O)(=O)N2[C@@H](c3ccc4ccccc4c3)OC[C@H]2C(F)F)cc1. The molecule has 0 unspecified atom stereocenters. The van der Waals surface area contributed by atoms with E-state index in [9.17, 15) is 17.2 Å². The monoisotopic (exact) mass is 403 g/mol. The second kappa shape index (κ2) is 7.24. The van der Waals surface area contributed by atoms with Gasteiger partial charge in [0, 0.05) is 0 Å². The Morgan fingerprint density at radius 1 is 1.00 bits per heavy atom. The normalized spacial score (nSPS) is 20.9. The van der Waals surface area contributed by atoms with E-state index in [0.717, 1.165) is 20.6 Å². The van der Waals surface area contributed by atoms with Crippen molar-refractivity contribution in [3.05, 3.63) is 77.9 Å². The molecule has 2 atom stereocenters. The van der Waals surface area contributed by atoms with Crippen molar-refractivity contribution in [1.29, 1.82) is 0 Å². The molecule has 3 aromatic carbocycles. The van der Waals surface area contributed by atoms with Crippen molar-refractivity contribution in [3.8, 4) is 0 Å². The molecule has 0 amide bonds. The number of aryl methyl sites for hydroxylation is 1. The summed E-state index contributed by atoms with van der Waals surface area (Å²) in [6.07, 6.45) is -3.96. The molecule has 0 aromatic heterocycles. The molecule has 4 rings (SSSR count). The highest BCUT2D eigenvalue weighted by Gasteiger charge is 2.48. The summed E-state index contributed by atoms with van der Waals surface area (Å²) < 4.78 is 60.1. The standard InChI is InChI=1S/C21H19F2NO3S/c1-14-6-10-18(11-7-14)28(25,26)24-19(20(22)23)13-27-21(24)17-9-8-15-4-2-3-5-16(15)12-17/h2-12,19-21H,13H2,1H3/t19-,21+/m0/s1. The lowest BCUT2D eigenvalue weighted by atomic mass is 10.1. The molecule has 0 radical (unpaired) electrons. The minimum absolute atomic E-state index is 0.0277. The smallest absolute Gasteiger partial charge is 0.257 e. The molecular weight excluding hydrogens is 384 g/mol. The summed E-state index contributed by atoms with van der Waals surface area (Å²) in [5, 5.41) is 1.86. The number of sulfonamides is 1. The first kappa shape index (κ1) is 19.0. The van der Waals surface area contributed by atoms with E-state index in [2.05, 4.69) is 0 Å². The number of halogens is 2. The maximum absolute atomic E-state index is 13.7. The van der Waals surface area contributed by atoms with Crippen molar-refractivity contribution in [2.75, 3.05) is 6.61 Å². The largest absolute Gasteiger partial charge is 0.356 e. The summed E-state index contributed by atoms with van der Waals surface area (Å²) in [5.74, 6) is 0. The van der Waals surface area contributed by atoms with Crippen molar-refractivity contribution >= 4 is 20.8 Å². The van der Waals surface area contributed by atoms with Gasteiger partial charge in [0.15, 0.2) is 6.23 Å². The second-order valence-electron chi connectivity index (χ2n) is 6.84. The van der Waals surface area contributed by atoms with Crippen LogP contribution in [-0.2, 0) is 14.8 Å². The van der Waals surface area contributed by atoms with Gasteiger partial charge in [-0.2, -0.15) is 4.31 Å². The lowest BCUT2D eigenvalue weighted by molar-refractivity contribution is 0.0631. The molecule has 28 heavy (non-hydrogen) atoms. The molecule has 0 saturated carbocycles. The Morgan fingerprint density at radius 2 is 1.68 bits per heavy atom. The van der Waals surface area contributed by atoms with Crippen molar-refractivity contribution in [2.45, 2.75) is 30.5 Å². The number of alkyl halides is 2. The number of nitrogens with zero attached hydrogens (tertiary/aromatic N) is 1. The van der Waals surface area contributed by atoms with Gasteiger partial charge >= 0.3 is 0 Å². The minimum atomic E-state index is -4.17. The number of hydrogen-bond acceptors (Lipinski definition) is 3. The summed E-state index contributed by atoms with van der Waals surface area (Å²) in [6.45, 7) is 1.47. The highest BCUT2D eigenvalue weighted by atomic mass is 32.2. The van der Waals surface area contributed by atoms with Gasteiger partial charge in [0.1, 0.15) is 6.04 Å². The Hall–Kier alpha value is -2.35. The highest BCUT2D eigenvalue weighted by molar-refractivity contribution is 7.89. The number of rotatable bonds is 4. The lowest BCUT2D eigenvalue weighted by Gasteiger charge is -2.27. The summed E-state index contributed by atoms with van der Waals surface area (Å²) >= 11 is 0. The van der Waals surface area contributed by atoms with Crippen LogP contribution in [0.25, 0.3) is 10.8 Å². The third-order valence-corrected chi connectivity index (χ3v) is 6.81. The summed E-state index contributed by atoms with van der Waals surface area (Å²) in [4.78, 5) is -0.0277. The fourth-order valence-electron chi connectivity index (χ4n) is 3.44. The van der Waals surface area contributed by atoms with Crippen LogP contribution in [0, 0.1) is 6.92 Å². The molecule has 1 fully saturated rings. The van der Waals surface area contributed by atoms with Gasteiger partial charge in [-0.3, -0.25) is 0 Å². The molecule has 0 N–H and O–H groups in total. The quantitative estimate of drug-likeness (QED) is 0.644. The van der Waals surface area contributed by atoms with E-state index in [0.29, 0.717) is 5.56 Å². The fraction of sp³-hybridized carbons (Fsp3) is 0.238. The van der Waals surface area contributed by atoms with Crippen LogP contribution in [-0.4, -0.2) is 31.8 Å². The van der Waals surface area contributed by atoms with Crippen LogP contribution in [0.15, 0.2) is 71.6 Å². The molecule has 146 valence electrons. The van der Waals surface area contributed by atoms with Gasteiger partial charge in [-0.05, 0) is 41.5 Å². The van der Waals surface area contributed by atoms with E-state index in [-0.39, 0.29) is 11.5 Å². The number of fused-ring (bicyclic) bond motifs is 1. The van der Waals surface area contributed by atoms with Gasteiger partial charge in [0.25, 0.3) is 6.43 Å². The molecule has 7 heteroatoms. The summed E-state index contributed by atoms with van der Waals surface area (Å²) in [7, 11) is -4.17. The van der Waals surface area contributed by atoms with Crippen LogP contribution in [0.4, 0.5) is 8.78 Å². The van der Waals surface area contributed by atoms with E-state index in [1.807, 2.05) is 37.3 Å². The second-order valence-corrected chi connectivity index (χ2v) is 8.69. The van der Waals surface area contributed by atoms with Crippen LogP contribution < -0.4 is 0 Å². The van der Waals surface area contributed by atoms with E-state index in [4.69, 9.17) is 4.74 Å². The molecule has 1 aliphatic heterocycles. The number of hydrogen-bond donors (Lipinski definition) is 0. The molecular formula is C21H19F2NO3S. The average molecular weight is 403 g/mol. The van der Waals surface area contributed by atoms with Gasteiger partial charge in [0.2, 0.25) is 10.0 Å². The molecule has 4 nitrogen and oxygen atoms in total. The van der Waals surface area contributed by atoms with Gasteiger partial charge in [0.05, 0.1) is 11.5 Å². The Balaban J connectivity index is 1.80. The predicted molar refractivity (Wildman–Crippen MR) is 103 cm³/mol. The van der Waals surface area contributed by atoms with Crippen LogP contribution in [0.1, 0.15) is 17.4 Å². The van der Waals surface area contributed by atoms with E-state index in [1.165, 1.54) is 12.1 Å². The molecule has 1 saturated heterocycles. The van der Waals surface area contributed by atoms with E-state index >= 15 is 0 Å². The fourth-order valence-corrected chi connectivity index (χ4v) is 5.10. The molecule has 0 bridgehead atoms. The zero-order valence-electron chi connectivity index (χ0n) is 15.1. The van der Waals surface area contributed by atoms with Gasteiger partial charge in [-0.15, -0.1) is 0 Å². The highest BCUT2D eigenvalue weighted by Crippen LogP contribution is 2.39. The maximum Gasteiger partial charge on any atom is 0.257 e. The maximum atomic E-state index is 13.7. The molecule has 3 aromatic rings. The lowest BCUT2D eigenvalue weighted by Crippen LogP contribution is -2.42. The molecule has 1 heterocycles. The van der Waals surface area contributed by atoms with Crippen LogP contribution in [0.5, 0.6) is 0 Å². The zero-order chi connectivity index (χ0) is 19.9. The van der Waals surface area contributed by atoms with E-state index < -0.39 is 28.7 Å². The van der Waals surface area contributed by atoms with Crippen LogP contribution >= 0.6 is 0 Å². The molecule has 0 aliphatic carbocycles. The average Bonchev–Trinajstić information content (AvgIpc) is 3.14. The van der Waals surface area contributed by atoms with Crippen molar-refractivity contribution in [2.24, 2.45) is 0 Å². The van der Waals surface area contributed by atoms with E-state index in [1.54, 1.807) is 24.3 Å². The topological polar surface area (TPSA) is 46.6 Å². The Kier molecular flexibility index (Phi) is 4.91. The first-order valence-corrected chi connectivity index (χ1v) is 10.3. The predicted octanol–water partition coefficient (Wildman–Crippen LogP) is 4.50. The third-order valence-electron chi connectivity index (χ3n) is 4.93. The molecule has 1 aliphatic rings. The van der Waals surface area contributed by atoms with Crippen molar-refractivity contribution in [1.82, 2.24) is 4.31 Å². The van der Waals surface area contributed by atoms with Crippen molar-refractivity contribution in [3.63, 3.8) is 0 Å². The zero-order valence-corrected chi connectivity index (χ0v) is 15.9. The van der Waals surface area contributed by atoms with Crippen LogP contribution in [0.3, 0.4) is 0 Å². The summed E-state index contributed by atoms with van der Waals surface area (Å²) in [6, 6.07) is 17.5. The number of benzene rings is 3.